The van der Waals surface area contributed by atoms with E-state index in [1.165, 1.54) is 6.08 Å². The molecule has 3 aliphatic carbocycles. The average molecular weight is 559 g/mol. The van der Waals surface area contributed by atoms with Crippen molar-refractivity contribution in [3.05, 3.63) is 11.8 Å². The Bertz CT molecular complexity index is 1410. The monoisotopic (exact) mass is 558 g/mol. The Morgan fingerprint density at radius 2 is 1.85 bits per heavy atom. The minimum absolute atomic E-state index is 0.0298. The Balaban J connectivity index is 1.33. The summed E-state index contributed by atoms with van der Waals surface area (Å²) in [7, 11) is 0. The lowest BCUT2D eigenvalue weighted by molar-refractivity contribution is -0.394. The van der Waals surface area contributed by atoms with Crippen LogP contribution in [0.3, 0.4) is 0 Å². The van der Waals surface area contributed by atoms with Crippen molar-refractivity contribution in [2.45, 2.75) is 93.3 Å². The van der Waals surface area contributed by atoms with Crippen LogP contribution in [0.1, 0.15) is 52.9 Å². The second-order valence-electron chi connectivity index (χ2n) is 14.1. The van der Waals surface area contributed by atoms with Gasteiger partial charge >= 0.3 is 11.9 Å². The summed E-state index contributed by atoms with van der Waals surface area (Å²) >= 11 is 0. The maximum Gasteiger partial charge on any atom is 0.342 e. The zero-order chi connectivity index (χ0) is 28.0. The van der Waals surface area contributed by atoms with Crippen LogP contribution in [0.25, 0.3) is 0 Å². The number of esters is 2. The van der Waals surface area contributed by atoms with E-state index in [0.29, 0.717) is 5.76 Å². The topological polar surface area (TPSA) is 164 Å². The van der Waals surface area contributed by atoms with E-state index in [9.17, 15) is 29.4 Å². The molecule has 9 aliphatic rings. The van der Waals surface area contributed by atoms with Crippen LogP contribution in [0.5, 0.6) is 0 Å². The van der Waals surface area contributed by atoms with Crippen molar-refractivity contribution in [2.24, 2.45) is 34.5 Å². The summed E-state index contributed by atoms with van der Waals surface area (Å²) in [6, 6.07) is 0. The van der Waals surface area contributed by atoms with E-state index >= 15 is 0 Å². The number of ether oxygens (including phenoxy) is 4. The van der Waals surface area contributed by atoms with Gasteiger partial charge in [0.25, 0.3) is 0 Å². The largest absolute Gasteiger partial charge is 0.458 e. The summed E-state index contributed by atoms with van der Waals surface area (Å²) in [5.74, 6) is -7.71. The second kappa shape index (κ2) is 6.34. The highest BCUT2D eigenvalue weighted by Crippen LogP contribution is 2.76. The van der Waals surface area contributed by atoms with Crippen molar-refractivity contribution in [3.8, 4) is 0 Å². The molecular weight excluding hydrogens is 528 g/mol. The number of aliphatic hydroxyl groups is 2. The van der Waals surface area contributed by atoms with Gasteiger partial charge in [-0.15, -0.1) is 0 Å². The molecule has 3 spiro atoms. The van der Waals surface area contributed by atoms with E-state index in [1.54, 1.807) is 20.8 Å². The van der Waals surface area contributed by atoms with E-state index in [-0.39, 0.29) is 44.5 Å². The Kier molecular flexibility index (Phi) is 3.84. The molecule has 4 unspecified atom stereocenters. The Hall–Kier alpha value is -2.38. The van der Waals surface area contributed by atoms with E-state index < -0.39 is 92.6 Å². The highest BCUT2D eigenvalue weighted by molar-refractivity contribution is 6.00. The number of ketones is 2. The smallest absolute Gasteiger partial charge is 0.342 e. The molecule has 7 bridgehead atoms. The molecule has 0 aromatic heterocycles. The lowest BCUT2D eigenvalue weighted by Gasteiger charge is -2.63. The molecule has 12 nitrogen and oxygen atoms in total. The average Bonchev–Trinajstić information content (AvgIpc) is 3.43. The molecule has 6 aliphatic heterocycles. The number of carbonyl (C=O) groups is 4. The predicted molar refractivity (Wildman–Crippen MR) is 124 cm³/mol. The third-order valence-corrected chi connectivity index (χ3v) is 13.0. The third-order valence-electron chi connectivity index (χ3n) is 13.0. The standard InChI is InChI=1S/C28H30O12/c1-22-9-17-24(3)28-18(22)19(31)27(39-28,35-10-14(22)20(32)36-17)13-7-16(30)26-8-11(38-40-26)6-15(29)23(26,2)12(13)4-5-25(28,34)21(33)37-24/h6,12-14,16-18,30,34H,4-5,7-10H2,1-3H3/t12?,13?,14-,16-,17?,18?,22+,23-,24-,25+,26-,27+,28-/m0/s1. The van der Waals surface area contributed by atoms with Gasteiger partial charge in [0.1, 0.15) is 11.9 Å². The first-order valence-corrected chi connectivity index (χ1v) is 14.1. The summed E-state index contributed by atoms with van der Waals surface area (Å²) < 4.78 is 25.1. The molecule has 12 heteroatoms. The van der Waals surface area contributed by atoms with Gasteiger partial charge in [-0.1, -0.05) is 6.92 Å². The van der Waals surface area contributed by atoms with Crippen molar-refractivity contribution in [3.63, 3.8) is 0 Å². The number of rotatable bonds is 0. The van der Waals surface area contributed by atoms with Gasteiger partial charge in [-0.25, -0.2) is 4.79 Å². The van der Waals surface area contributed by atoms with Crippen molar-refractivity contribution in [1.82, 2.24) is 0 Å². The molecule has 8 fully saturated rings. The number of carbonyl (C=O) groups excluding carboxylic acids is 4. The van der Waals surface area contributed by atoms with Crippen molar-refractivity contribution >= 4 is 23.5 Å². The van der Waals surface area contributed by atoms with Crippen LogP contribution in [0, 0.1) is 34.5 Å². The molecule has 9 rings (SSSR count). The van der Waals surface area contributed by atoms with Crippen LogP contribution in [0.2, 0.25) is 0 Å². The number of hydrogen-bond donors (Lipinski definition) is 2. The van der Waals surface area contributed by atoms with Crippen LogP contribution >= 0.6 is 0 Å². The lowest BCUT2D eigenvalue weighted by Crippen LogP contribution is -2.79. The number of Topliss-reactive ketones (excluding diaryl/α,β-unsaturated/α-hetero) is 1. The van der Waals surface area contributed by atoms with Crippen LogP contribution in [-0.2, 0) is 47.9 Å². The Morgan fingerprint density at radius 1 is 1.07 bits per heavy atom. The van der Waals surface area contributed by atoms with E-state index in [4.69, 9.17) is 28.7 Å². The molecule has 6 saturated heterocycles. The van der Waals surface area contributed by atoms with E-state index in [1.807, 2.05) is 0 Å². The predicted octanol–water partition coefficient (Wildman–Crippen LogP) is 0.0198. The fourth-order valence-corrected chi connectivity index (χ4v) is 10.9. The molecule has 6 heterocycles. The number of hydrogen-bond acceptors (Lipinski definition) is 12. The lowest BCUT2D eigenvalue weighted by atomic mass is 9.46. The molecule has 2 saturated carbocycles. The van der Waals surface area contributed by atoms with Crippen molar-refractivity contribution in [1.29, 1.82) is 0 Å². The second-order valence-corrected chi connectivity index (χ2v) is 14.1. The van der Waals surface area contributed by atoms with Gasteiger partial charge in [0.2, 0.25) is 5.79 Å². The van der Waals surface area contributed by atoms with Crippen LogP contribution in [0.4, 0.5) is 0 Å². The van der Waals surface area contributed by atoms with E-state index in [2.05, 4.69) is 0 Å². The molecule has 0 amide bonds. The van der Waals surface area contributed by atoms with Gasteiger partial charge < -0.3 is 34.0 Å². The normalized spacial score (nSPS) is 61.9. The van der Waals surface area contributed by atoms with Crippen LogP contribution in [0.15, 0.2) is 11.8 Å². The Labute approximate surface area is 228 Å². The van der Waals surface area contributed by atoms with Crippen molar-refractivity contribution in [2.75, 3.05) is 6.61 Å². The summed E-state index contributed by atoms with van der Waals surface area (Å²) in [4.78, 5) is 67.1. The fraction of sp³-hybridized carbons (Fsp3) is 0.786. The first-order valence-electron chi connectivity index (χ1n) is 14.1. The zero-order valence-corrected chi connectivity index (χ0v) is 22.3. The molecule has 13 atom stereocenters. The minimum atomic E-state index is -2.30. The molecule has 214 valence electrons. The van der Waals surface area contributed by atoms with Gasteiger partial charge in [0.05, 0.1) is 30.0 Å². The summed E-state index contributed by atoms with van der Waals surface area (Å²) in [6.07, 6.45) is -0.551. The summed E-state index contributed by atoms with van der Waals surface area (Å²) in [6.45, 7) is 4.85. The highest BCUT2D eigenvalue weighted by Gasteiger charge is 2.93. The maximum absolute atomic E-state index is 15.0. The number of allylic oxidation sites excluding steroid dienone is 1. The molecule has 40 heavy (non-hydrogen) atoms. The zero-order valence-electron chi connectivity index (χ0n) is 22.3. The van der Waals surface area contributed by atoms with E-state index in [0.717, 1.165) is 0 Å². The fourth-order valence-electron chi connectivity index (χ4n) is 10.9. The van der Waals surface area contributed by atoms with Crippen molar-refractivity contribution < 1.29 is 58.1 Å². The highest BCUT2D eigenvalue weighted by atomic mass is 17.2. The SMILES string of the molecule is C[C@@]12CC3OC(=O)[C@@H]1CO[C@]14O[C@]5(C2C1=O)[C@@](O)(CCC1C4C[C@H](O)[C@@]24CC(=CC(=O)[C@]12C)OO4)C(=O)O[C@@]35C. The molecule has 2 N–H and O–H groups in total. The summed E-state index contributed by atoms with van der Waals surface area (Å²) in [5.41, 5.74) is -9.77. The van der Waals surface area contributed by atoms with Gasteiger partial charge in [-0.05, 0) is 50.9 Å². The minimum Gasteiger partial charge on any atom is -0.458 e. The first-order chi connectivity index (χ1) is 18.8. The molecule has 0 aromatic rings. The number of fused-ring (bicyclic) bond motifs is 5. The Morgan fingerprint density at radius 3 is 2.62 bits per heavy atom. The maximum atomic E-state index is 15.0. The molecular formula is C28H30O12. The van der Waals surface area contributed by atoms with Gasteiger partial charge in [0.15, 0.2) is 34.0 Å². The van der Waals surface area contributed by atoms with Gasteiger partial charge in [0, 0.05) is 18.4 Å². The van der Waals surface area contributed by atoms with Gasteiger partial charge in [-0.2, -0.15) is 4.89 Å². The quantitative estimate of drug-likeness (QED) is 0.303. The third kappa shape index (κ3) is 1.96. The van der Waals surface area contributed by atoms with Gasteiger partial charge in [-0.3, -0.25) is 14.4 Å². The number of aliphatic hydroxyl groups excluding tert-OH is 1. The molecule has 0 radical (unpaired) electrons. The van der Waals surface area contributed by atoms with Crippen LogP contribution in [-0.4, -0.2) is 80.7 Å². The molecule has 0 aromatic carbocycles. The first kappa shape index (κ1) is 24.2. The van der Waals surface area contributed by atoms with Crippen LogP contribution < -0.4 is 0 Å². The summed E-state index contributed by atoms with van der Waals surface area (Å²) in [5, 5.41) is 24.2.